The van der Waals surface area contributed by atoms with Crippen LogP contribution in [0.4, 0.5) is 0 Å². The van der Waals surface area contributed by atoms with E-state index in [2.05, 4.69) is 10.1 Å². The van der Waals surface area contributed by atoms with E-state index in [1.54, 1.807) is 23.3 Å². The van der Waals surface area contributed by atoms with Crippen molar-refractivity contribution in [2.45, 2.75) is 6.92 Å². The van der Waals surface area contributed by atoms with Crippen LogP contribution in [0.1, 0.15) is 17.4 Å². The molecule has 6 heteroatoms. The highest BCUT2D eigenvalue weighted by Crippen LogP contribution is 2.27. The molecule has 16 heavy (non-hydrogen) atoms. The Bertz CT molecular complexity index is 504. The maximum Gasteiger partial charge on any atom is 0.358 e. The van der Waals surface area contributed by atoms with Crippen LogP contribution in [-0.2, 0) is 11.8 Å². The number of esters is 1. The van der Waals surface area contributed by atoms with Crippen LogP contribution in [0, 0.1) is 0 Å². The molecule has 0 unspecified atom stereocenters. The molecule has 0 fully saturated rings. The van der Waals surface area contributed by atoms with E-state index in [9.17, 15) is 4.79 Å². The Hall–Kier alpha value is -1.69. The number of carbonyl (C=O) groups is 1. The molecule has 2 aromatic rings. The van der Waals surface area contributed by atoms with E-state index in [0.717, 1.165) is 10.4 Å². The van der Waals surface area contributed by atoms with Crippen molar-refractivity contribution in [3.63, 3.8) is 0 Å². The van der Waals surface area contributed by atoms with Crippen molar-refractivity contribution >= 4 is 17.3 Å². The summed E-state index contributed by atoms with van der Waals surface area (Å²) in [6, 6.07) is 0. The lowest BCUT2D eigenvalue weighted by Gasteiger charge is -1.99. The summed E-state index contributed by atoms with van der Waals surface area (Å²) in [5, 5.41) is 4.06. The average molecular weight is 237 g/mol. The first-order valence-corrected chi connectivity index (χ1v) is 5.70. The summed E-state index contributed by atoms with van der Waals surface area (Å²) < 4.78 is 6.62. The molecule has 0 aromatic carbocycles. The second-order valence-corrected chi connectivity index (χ2v) is 4.01. The number of nitrogens with zero attached hydrogens (tertiary/aromatic N) is 3. The zero-order valence-corrected chi connectivity index (χ0v) is 9.82. The largest absolute Gasteiger partial charge is 0.461 e. The van der Waals surface area contributed by atoms with Crippen molar-refractivity contribution in [1.29, 1.82) is 0 Å². The highest BCUT2D eigenvalue weighted by molar-refractivity contribution is 7.13. The molecule has 0 radical (unpaired) electrons. The van der Waals surface area contributed by atoms with Crippen LogP contribution in [-0.4, -0.2) is 27.3 Å². The lowest BCUT2D eigenvalue weighted by molar-refractivity contribution is 0.0521. The Balaban J connectivity index is 2.36. The van der Waals surface area contributed by atoms with Crippen molar-refractivity contribution in [2.75, 3.05) is 6.61 Å². The Labute approximate surface area is 96.7 Å². The fourth-order valence-corrected chi connectivity index (χ4v) is 2.09. The molecule has 0 saturated carbocycles. The molecule has 0 bridgehead atoms. The molecule has 0 saturated heterocycles. The highest BCUT2D eigenvalue weighted by Gasteiger charge is 2.18. The quantitative estimate of drug-likeness (QED) is 0.763. The van der Waals surface area contributed by atoms with E-state index < -0.39 is 0 Å². The highest BCUT2D eigenvalue weighted by atomic mass is 32.1. The number of aryl methyl sites for hydroxylation is 1. The third kappa shape index (κ3) is 1.96. The molecule has 0 atom stereocenters. The lowest BCUT2D eigenvalue weighted by atomic mass is 10.2. The van der Waals surface area contributed by atoms with Gasteiger partial charge in [0.1, 0.15) is 0 Å². The van der Waals surface area contributed by atoms with Crippen LogP contribution in [0.5, 0.6) is 0 Å². The maximum atomic E-state index is 11.6. The molecule has 84 valence electrons. The number of hydrogen-bond donors (Lipinski definition) is 0. The van der Waals surface area contributed by atoms with Gasteiger partial charge >= 0.3 is 5.97 Å². The van der Waals surface area contributed by atoms with Crippen molar-refractivity contribution in [2.24, 2.45) is 7.05 Å². The van der Waals surface area contributed by atoms with E-state index in [1.165, 1.54) is 11.3 Å². The number of hydrogen-bond acceptors (Lipinski definition) is 5. The molecule has 0 aliphatic carbocycles. The van der Waals surface area contributed by atoms with Gasteiger partial charge in [0.25, 0.3) is 0 Å². The zero-order valence-electron chi connectivity index (χ0n) is 9.01. The summed E-state index contributed by atoms with van der Waals surface area (Å²) in [5.74, 6) is -0.386. The van der Waals surface area contributed by atoms with E-state index in [-0.39, 0.29) is 5.97 Å². The maximum absolute atomic E-state index is 11.6. The van der Waals surface area contributed by atoms with Gasteiger partial charge in [0.15, 0.2) is 5.69 Å². The predicted molar refractivity (Wildman–Crippen MR) is 60.3 cm³/mol. The summed E-state index contributed by atoms with van der Waals surface area (Å²) in [6.07, 6.45) is 3.55. The summed E-state index contributed by atoms with van der Waals surface area (Å²) in [4.78, 5) is 16.4. The topological polar surface area (TPSA) is 57.0 Å². The van der Waals surface area contributed by atoms with Gasteiger partial charge in [-0.2, -0.15) is 5.10 Å². The first-order chi connectivity index (χ1) is 7.72. The van der Waals surface area contributed by atoms with E-state index >= 15 is 0 Å². The minimum atomic E-state index is -0.386. The van der Waals surface area contributed by atoms with Gasteiger partial charge in [0.2, 0.25) is 0 Å². The molecular weight excluding hydrogens is 226 g/mol. The molecule has 0 aliphatic heterocycles. The molecule has 0 N–H and O–H groups in total. The van der Waals surface area contributed by atoms with Crippen molar-refractivity contribution < 1.29 is 9.53 Å². The van der Waals surface area contributed by atoms with Crippen LogP contribution in [0.3, 0.4) is 0 Å². The van der Waals surface area contributed by atoms with Gasteiger partial charge in [0, 0.05) is 18.8 Å². The number of rotatable bonds is 3. The minimum Gasteiger partial charge on any atom is -0.461 e. The van der Waals surface area contributed by atoms with Gasteiger partial charge in [-0.1, -0.05) is 0 Å². The predicted octanol–water partition coefficient (Wildman–Crippen LogP) is 1.72. The molecule has 0 aliphatic rings. The Morgan fingerprint density at radius 1 is 1.62 bits per heavy atom. The van der Waals surface area contributed by atoms with E-state index in [1.807, 2.05) is 13.2 Å². The second-order valence-electron chi connectivity index (χ2n) is 3.15. The summed E-state index contributed by atoms with van der Waals surface area (Å²) >= 11 is 1.40. The molecule has 0 spiro atoms. The first kappa shape index (κ1) is 10.8. The fraction of sp³-hybridized carbons (Fsp3) is 0.300. The molecular formula is C10H11N3O2S. The third-order valence-electron chi connectivity index (χ3n) is 2.00. The smallest absolute Gasteiger partial charge is 0.358 e. The van der Waals surface area contributed by atoms with Gasteiger partial charge in [0.05, 0.1) is 23.2 Å². The van der Waals surface area contributed by atoms with Crippen molar-refractivity contribution in [3.8, 4) is 10.4 Å². The van der Waals surface area contributed by atoms with Crippen molar-refractivity contribution in [1.82, 2.24) is 14.8 Å². The molecule has 5 nitrogen and oxygen atoms in total. The molecule has 2 heterocycles. The van der Waals surface area contributed by atoms with E-state index in [4.69, 9.17) is 4.74 Å². The van der Waals surface area contributed by atoms with Crippen LogP contribution < -0.4 is 0 Å². The fourth-order valence-electron chi connectivity index (χ4n) is 1.33. The van der Waals surface area contributed by atoms with Gasteiger partial charge in [-0.15, -0.1) is 11.3 Å². The number of aromatic nitrogens is 3. The third-order valence-corrected chi connectivity index (χ3v) is 2.88. The standard InChI is InChI=1S/C10H11N3O2S/c1-3-15-10(14)8-9(16-6-11-8)7-4-12-13(2)5-7/h4-6H,3H2,1-2H3. The summed E-state index contributed by atoms with van der Waals surface area (Å²) in [5.41, 5.74) is 2.88. The zero-order chi connectivity index (χ0) is 11.5. The van der Waals surface area contributed by atoms with Gasteiger partial charge < -0.3 is 4.74 Å². The molecule has 0 amide bonds. The first-order valence-electron chi connectivity index (χ1n) is 4.82. The normalized spacial score (nSPS) is 10.4. The van der Waals surface area contributed by atoms with Crippen LogP contribution >= 0.6 is 11.3 Å². The minimum absolute atomic E-state index is 0.350. The second kappa shape index (κ2) is 4.44. The Morgan fingerprint density at radius 3 is 3.06 bits per heavy atom. The average Bonchev–Trinajstić information content (AvgIpc) is 2.85. The van der Waals surface area contributed by atoms with Gasteiger partial charge in [-0.05, 0) is 6.92 Å². The SMILES string of the molecule is CCOC(=O)c1ncsc1-c1cnn(C)c1. The number of carbonyl (C=O) groups excluding carboxylic acids is 1. The Morgan fingerprint density at radius 2 is 2.44 bits per heavy atom. The van der Waals surface area contributed by atoms with Crippen LogP contribution in [0.25, 0.3) is 10.4 Å². The monoisotopic (exact) mass is 237 g/mol. The molecule has 2 aromatic heterocycles. The number of ether oxygens (including phenoxy) is 1. The van der Waals surface area contributed by atoms with Crippen LogP contribution in [0.15, 0.2) is 17.9 Å². The molecule has 2 rings (SSSR count). The Kier molecular flexibility index (Phi) is 3.00. The number of thiazole rings is 1. The van der Waals surface area contributed by atoms with Crippen molar-refractivity contribution in [3.05, 3.63) is 23.6 Å². The van der Waals surface area contributed by atoms with Crippen LogP contribution in [0.2, 0.25) is 0 Å². The summed E-state index contributed by atoms with van der Waals surface area (Å²) in [7, 11) is 1.83. The lowest BCUT2D eigenvalue weighted by Crippen LogP contribution is -2.06. The van der Waals surface area contributed by atoms with Gasteiger partial charge in [-0.3, -0.25) is 4.68 Å². The van der Waals surface area contributed by atoms with Gasteiger partial charge in [-0.25, -0.2) is 9.78 Å². The summed E-state index contributed by atoms with van der Waals surface area (Å²) in [6.45, 7) is 2.12. The van der Waals surface area contributed by atoms with E-state index in [0.29, 0.717) is 12.3 Å².